The fourth-order valence-corrected chi connectivity index (χ4v) is 1.65. The van der Waals surface area contributed by atoms with Gasteiger partial charge in [0.15, 0.2) is 0 Å². The molecule has 0 saturated carbocycles. The van der Waals surface area contributed by atoms with Crippen LogP contribution in [0.25, 0.3) is 0 Å². The van der Waals surface area contributed by atoms with Gasteiger partial charge in [0.25, 0.3) is 5.69 Å². The number of rotatable bonds is 6. The number of pyridine rings is 1. The van der Waals surface area contributed by atoms with E-state index in [2.05, 4.69) is 4.98 Å². The molecule has 0 aromatic carbocycles. The number of carbonyl (C=O) groups excluding carboxylic acids is 1. The number of hydrogen-bond donors (Lipinski definition) is 0. The van der Waals surface area contributed by atoms with Gasteiger partial charge in [-0.3, -0.25) is 14.9 Å². The number of nitro groups is 1. The summed E-state index contributed by atoms with van der Waals surface area (Å²) in [4.78, 5) is 27.2. The van der Waals surface area contributed by atoms with Crippen LogP contribution in [0.2, 0.25) is 0 Å². The largest absolute Gasteiger partial charge is 0.466 e. The van der Waals surface area contributed by atoms with Crippen molar-refractivity contribution in [1.29, 1.82) is 0 Å². The van der Waals surface area contributed by atoms with Crippen LogP contribution in [0.4, 0.5) is 11.5 Å². The van der Waals surface area contributed by atoms with E-state index in [1.807, 2.05) is 0 Å². The van der Waals surface area contributed by atoms with Crippen LogP contribution in [0, 0.1) is 17.0 Å². The molecule has 1 rings (SSSR count). The molecule has 19 heavy (non-hydrogen) atoms. The van der Waals surface area contributed by atoms with Crippen molar-refractivity contribution in [3.63, 3.8) is 0 Å². The van der Waals surface area contributed by atoms with Gasteiger partial charge in [-0.2, -0.15) is 0 Å². The van der Waals surface area contributed by atoms with Crippen molar-refractivity contribution in [3.8, 4) is 0 Å². The molecule has 0 aliphatic carbocycles. The molecule has 1 heterocycles. The molecule has 0 unspecified atom stereocenters. The maximum absolute atomic E-state index is 11.2. The van der Waals surface area contributed by atoms with E-state index in [0.717, 1.165) is 0 Å². The minimum absolute atomic E-state index is 0.0416. The molecule has 0 fully saturated rings. The molecule has 0 radical (unpaired) electrons. The predicted octanol–water partition coefficient (Wildman–Crippen LogP) is 1.69. The van der Waals surface area contributed by atoms with Crippen LogP contribution < -0.4 is 4.90 Å². The third kappa shape index (κ3) is 4.20. The second kappa shape index (κ2) is 6.67. The normalized spacial score (nSPS) is 10.1. The number of aryl methyl sites for hydroxylation is 1. The molecule has 1 aromatic heterocycles. The van der Waals surface area contributed by atoms with E-state index in [-0.39, 0.29) is 18.1 Å². The van der Waals surface area contributed by atoms with E-state index in [9.17, 15) is 14.9 Å². The van der Waals surface area contributed by atoms with E-state index in [0.29, 0.717) is 24.5 Å². The summed E-state index contributed by atoms with van der Waals surface area (Å²) in [7, 11) is 1.78. The van der Waals surface area contributed by atoms with Gasteiger partial charge >= 0.3 is 5.97 Å². The molecular formula is C12H17N3O4. The molecule has 7 heteroatoms. The average Bonchev–Trinajstić information content (AvgIpc) is 2.36. The van der Waals surface area contributed by atoms with Crippen LogP contribution >= 0.6 is 0 Å². The highest BCUT2D eigenvalue weighted by molar-refractivity contribution is 5.70. The summed E-state index contributed by atoms with van der Waals surface area (Å²) in [5.41, 5.74) is 0.653. The zero-order chi connectivity index (χ0) is 14.4. The summed E-state index contributed by atoms with van der Waals surface area (Å²) >= 11 is 0. The van der Waals surface area contributed by atoms with Crippen molar-refractivity contribution in [3.05, 3.63) is 27.9 Å². The highest BCUT2D eigenvalue weighted by atomic mass is 16.6. The van der Waals surface area contributed by atoms with Gasteiger partial charge in [-0.05, 0) is 19.4 Å². The summed E-state index contributed by atoms with van der Waals surface area (Å²) in [5.74, 6) is 0.351. The molecule has 0 aliphatic heterocycles. The van der Waals surface area contributed by atoms with E-state index < -0.39 is 4.92 Å². The third-order valence-electron chi connectivity index (χ3n) is 2.57. The Hall–Kier alpha value is -2.18. The monoisotopic (exact) mass is 267 g/mol. The van der Waals surface area contributed by atoms with Crippen molar-refractivity contribution >= 4 is 17.5 Å². The Labute approximate surface area is 111 Å². The minimum Gasteiger partial charge on any atom is -0.466 e. The molecule has 0 bridgehead atoms. The molecule has 1 aromatic rings. The standard InChI is InChI=1S/C12H17N3O4/c1-4-19-11(16)5-6-14(3)12-9(2)7-10(8-13-12)15(17)18/h7-8H,4-6H2,1-3H3. The summed E-state index contributed by atoms with van der Waals surface area (Å²) in [6.07, 6.45) is 1.46. The highest BCUT2D eigenvalue weighted by Gasteiger charge is 2.13. The summed E-state index contributed by atoms with van der Waals surface area (Å²) < 4.78 is 4.83. The lowest BCUT2D eigenvalue weighted by Gasteiger charge is -2.19. The number of carbonyl (C=O) groups is 1. The van der Waals surface area contributed by atoms with Crippen LogP contribution in [-0.2, 0) is 9.53 Å². The Kier molecular flexibility index (Phi) is 5.23. The minimum atomic E-state index is -0.484. The van der Waals surface area contributed by atoms with Gasteiger partial charge in [0, 0.05) is 19.7 Å². The van der Waals surface area contributed by atoms with Gasteiger partial charge in [0.1, 0.15) is 12.0 Å². The number of aromatic nitrogens is 1. The van der Waals surface area contributed by atoms with Gasteiger partial charge in [-0.25, -0.2) is 4.98 Å². The zero-order valence-electron chi connectivity index (χ0n) is 11.3. The molecule has 0 amide bonds. The second-order valence-corrected chi connectivity index (χ2v) is 4.07. The van der Waals surface area contributed by atoms with Gasteiger partial charge in [-0.15, -0.1) is 0 Å². The Morgan fingerprint density at radius 2 is 2.26 bits per heavy atom. The van der Waals surface area contributed by atoms with Gasteiger partial charge < -0.3 is 9.64 Å². The van der Waals surface area contributed by atoms with Crippen LogP contribution in [0.1, 0.15) is 18.9 Å². The maximum atomic E-state index is 11.2. The molecule has 0 saturated heterocycles. The lowest BCUT2D eigenvalue weighted by atomic mass is 10.2. The Morgan fingerprint density at radius 3 is 2.79 bits per heavy atom. The van der Waals surface area contributed by atoms with Gasteiger partial charge in [0.2, 0.25) is 0 Å². The van der Waals surface area contributed by atoms with Crippen LogP contribution in [-0.4, -0.2) is 36.1 Å². The van der Waals surface area contributed by atoms with Crippen molar-refractivity contribution in [2.75, 3.05) is 25.1 Å². The zero-order valence-corrected chi connectivity index (χ0v) is 11.3. The van der Waals surface area contributed by atoms with Crippen LogP contribution in [0.15, 0.2) is 12.3 Å². The van der Waals surface area contributed by atoms with Crippen LogP contribution in [0.3, 0.4) is 0 Å². The van der Waals surface area contributed by atoms with Crippen LogP contribution in [0.5, 0.6) is 0 Å². The molecule has 104 valence electrons. The third-order valence-corrected chi connectivity index (χ3v) is 2.57. The number of nitrogens with zero attached hydrogens (tertiary/aromatic N) is 3. The van der Waals surface area contributed by atoms with E-state index in [1.165, 1.54) is 12.3 Å². The van der Waals surface area contributed by atoms with Crippen molar-refractivity contribution in [2.45, 2.75) is 20.3 Å². The first-order valence-corrected chi connectivity index (χ1v) is 5.93. The summed E-state index contributed by atoms with van der Waals surface area (Å²) in [6.45, 7) is 4.31. The number of esters is 1. The lowest BCUT2D eigenvalue weighted by molar-refractivity contribution is -0.385. The molecular weight excluding hydrogens is 250 g/mol. The molecule has 7 nitrogen and oxygen atoms in total. The van der Waals surface area contributed by atoms with E-state index >= 15 is 0 Å². The molecule has 0 spiro atoms. The topological polar surface area (TPSA) is 85.6 Å². The SMILES string of the molecule is CCOC(=O)CCN(C)c1ncc([N+](=O)[O-])cc1C. The first-order valence-electron chi connectivity index (χ1n) is 5.93. The Balaban J connectivity index is 2.69. The fraction of sp³-hybridized carbons (Fsp3) is 0.500. The fourth-order valence-electron chi connectivity index (χ4n) is 1.65. The summed E-state index contributed by atoms with van der Waals surface area (Å²) in [6, 6.07) is 1.46. The molecule has 0 atom stereocenters. The van der Waals surface area contributed by atoms with Gasteiger partial charge in [-0.1, -0.05) is 0 Å². The first-order chi connectivity index (χ1) is 8.95. The van der Waals surface area contributed by atoms with Gasteiger partial charge in [0.05, 0.1) is 18.0 Å². The molecule has 0 N–H and O–H groups in total. The predicted molar refractivity (Wildman–Crippen MR) is 70.1 cm³/mol. The number of ether oxygens (including phenoxy) is 1. The van der Waals surface area contributed by atoms with E-state index in [1.54, 1.807) is 25.8 Å². The Morgan fingerprint density at radius 1 is 1.58 bits per heavy atom. The number of hydrogen-bond acceptors (Lipinski definition) is 6. The van der Waals surface area contributed by atoms with Crippen molar-refractivity contribution in [1.82, 2.24) is 4.98 Å². The van der Waals surface area contributed by atoms with Crippen molar-refractivity contribution in [2.24, 2.45) is 0 Å². The number of anilines is 1. The summed E-state index contributed by atoms with van der Waals surface area (Å²) in [5, 5.41) is 10.6. The maximum Gasteiger partial charge on any atom is 0.307 e. The smallest absolute Gasteiger partial charge is 0.307 e. The lowest BCUT2D eigenvalue weighted by Crippen LogP contribution is -2.23. The second-order valence-electron chi connectivity index (χ2n) is 4.07. The molecule has 0 aliphatic rings. The van der Waals surface area contributed by atoms with E-state index in [4.69, 9.17) is 4.74 Å². The van der Waals surface area contributed by atoms with Crippen molar-refractivity contribution < 1.29 is 14.5 Å². The first kappa shape index (κ1) is 14.9. The highest BCUT2D eigenvalue weighted by Crippen LogP contribution is 2.20. The average molecular weight is 267 g/mol. The quantitative estimate of drug-likeness (QED) is 0.443. The Bertz CT molecular complexity index is 476.